The second kappa shape index (κ2) is 15.8. The molecule has 0 N–H and O–H groups in total. The molecule has 0 unspecified atom stereocenters. The van der Waals surface area contributed by atoms with Crippen LogP contribution < -0.4 is 4.74 Å². The van der Waals surface area contributed by atoms with E-state index in [0.717, 1.165) is 101 Å². The summed E-state index contributed by atoms with van der Waals surface area (Å²) in [5.74, 6) is 0.518. The van der Waals surface area contributed by atoms with E-state index in [0.29, 0.717) is 49.9 Å². The van der Waals surface area contributed by atoms with Gasteiger partial charge in [0, 0.05) is 48.1 Å². The predicted octanol–water partition coefficient (Wildman–Crippen LogP) is 7.48. The van der Waals surface area contributed by atoms with Crippen LogP contribution in [0.3, 0.4) is 0 Å². The Bertz CT molecular complexity index is 2000. The van der Waals surface area contributed by atoms with Crippen molar-refractivity contribution in [2.75, 3.05) is 52.7 Å². The lowest BCUT2D eigenvalue weighted by Gasteiger charge is -2.26. The Morgan fingerprint density at radius 1 is 0.940 bits per heavy atom. The maximum Gasteiger partial charge on any atom is 0.355 e. The van der Waals surface area contributed by atoms with Gasteiger partial charge in [-0.05, 0) is 49.3 Å². The molecule has 2 aromatic heterocycles. The van der Waals surface area contributed by atoms with Crippen LogP contribution in [0.1, 0.15) is 47.7 Å². The van der Waals surface area contributed by atoms with Gasteiger partial charge in [-0.2, -0.15) is 5.10 Å². The number of morpholine rings is 1. The van der Waals surface area contributed by atoms with Crippen LogP contribution in [-0.2, 0) is 46.7 Å². The van der Waals surface area contributed by atoms with Crippen molar-refractivity contribution in [1.29, 1.82) is 0 Å². The molecule has 0 atom stereocenters. The number of esters is 1. The molecule has 262 valence electrons. The van der Waals surface area contributed by atoms with Crippen LogP contribution in [0.2, 0.25) is 5.02 Å². The van der Waals surface area contributed by atoms with Gasteiger partial charge in [-0.1, -0.05) is 73.1 Å². The standard InChI is InChI=1S/C40H45ClN4O5/c1-3-33-37-34(45(42-33)20-19-43-21-25-47-26-22-43)27-48-23-8-7-18-44-38-31(16-17-32(41)36(37)38)30(39(44)40(46)49-4-2)14-10-24-50-35-15-9-12-28-11-5-6-13-29(28)35/h5-9,11-13,15-17H,3-4,10,14,18-27H2,1-2H3/b8-7-. The molecule has 1 fully saturated rings. The first-order chi connectivity index (χ1) is 24.6. The maximum absolute atomic E-state index is 13.9. The number of nitrogens with zero attached hydrogens (tertiary/aromatic N) is 4. The van der Waals surface area contributed by atoms with Crippen LogP contribution in [-0.4, -0.2) is 77.9 Å². The number of aromatic nitrogens is 3. The van der Waals surface area contributed by atoms with E-state index < -0.39 is 0 Å². The number of allylic oxidation sites excluding steroid dienone is 1. The zero-order valence-corrected chi connectivity index (χ0v) is 29.7. The molecular weight excluding hydrogens is 652 g/mol. The van der Waals surface area contributed by atoms with Gasteiger partial charge in [0.25, 0.3) is 0 Å². The largest absolute Gasteiger partial charge is 0.493 e. The molecule has 3 aromatic carbocycles. The molecule has 7 rings (SSSR count). The van der Waals surface area contributed by atoms with Gasteiger partial charge in [-0.15, -0.1) is 0 Å². The highest BCUT2D eigenvalue weighted by Gasteiger charge is 2.30. The number of fused-ring (bicyclic) bond motifs is 3. The van der Waals surface area contributed by atoms with Crippen LogP contribution in [0.25, 0.3) is 32.8 Å². The van der Waals surface area contributed by atoms with Crippen molar-refractivity contribution in [2.24, 2.45) is 0 Å². The van der Waals surface area contributed by atoms with Gasteiger partial charge in [0.05, 0.1) is 68.1 Å². The molecule has 2 aliphatic rings. The summed E-state index contributed by atoms with van der Waals surface area (Å²) in [6.07, 6.45) is 6.14. The van der Waals surface area contributed by atoms with Crippen molar-refractivity contribution >= 4 is 39.2 Å². The van der Waals surface area contributed by atoms with Crippen LogP contribution in [0.5, 0.6) is 5.75 Å². The summed E-state index contributed by atoms with van der Waals surface area (Å²) >= 11 is 7.21. The maximum atomic E-state index is 13.9. The fourth-order valence-electron chi connectivity index (χ4n) is 7.30. The van der Waals surface area contributed by atoms with E-state index in [-0.39, 0.29) is 12.6 Å². The summed E-state index contributed by atoms with van der Waals surface area (Å²) in [7, 11) is 0. The summed E-state index contributed by atoms with van der Waals surface area (Å²) in [4.78, 5) is 16.3. The quantitative estimate of drug-likeness (QED) is 0.0805. The highest BCUT2D eigenvalue weighted by atomic mass is 35.5. The molecule has 0 spiro atoms. The Balaban J connectivity index is 1.31. The SMILES string of the molecule is CCOC(=O)c1c(CCCOc2cccc3ccccc23)c2ccc(Cl)c3c2n1C/C=C\COCc1c-3c(CC)nn1CCN1CCOCC1. The minimum atomic E-state index is -0.340. The van der Waals surface area contributed by atoms with Crippen molar-refractivity contribution in [1.82, 2.24) is 19.2 Å². The Hall–Kier alpha value is -4.15. The van der Waals surface area contributed by atoms with E-state index in [2.05, 4.69) is 51.4 Å². The Labute approximate surface area is 298 Å². The van der Waals surface area contributed by atoms with Crippen LogP contribution >= 0.6 is 11.6 Å². The van der Waals surface area contributed by atoms with E-state index in [1.165, 1.54) is 0 Å². The van der Waals surface area contributed by atoms with Crippen molar-refractivity contribution in [2.45, 2.75) is 52.8 Å². The monoisotopic (exact) mass is 696 g/mol. The van der Waals surface area contributed by atoms with Gasteiger partial charge < -0.3 is 23.5 Å². The fraction of sp³-hybridized carbons (Fsp3) is 0.400. The van der Waals surface area contributed by atoms with E-state index in [1.807, 2.05) is 43.3 Å². The van der Waals surface area contributed by atoms with E-state index in [4.69, 9.17) is 35.6 Å². The number of ether oxygens (including phenoxy) is 4. The molecule has 5 aromatic rings. The summed E-state index contributed by atoms with van der Waals surface area (Å²) in [5.41, 5.74) is 6.25. The molecule has 10 heteroatoms. The summed E-state index contributed by atoms with van der Waals surface area (Å²) in [5, 5.41) is 8.98. The van der Waals surface area contributed by atoms with Gasteiger partial charge in [0.2, 0.25) is 0 Å². The number of hydrogen-bond acceptors (Lipinski definition) is 7. The first kappa shape index (κ1) is 34.3. The number of halogens is 1. The number of carbonyl (C=O) groups is 1. The Kier molecular flexibility index (Phi) is 10.8. The third-order valence-corrected chi connectivity index (χ3v) is 9.99. The smallest absolute Gasteiger partial charge is 0.355 e. The molecule has 0 radical (unpaired) electrons. The average Bonchev–Trinajstić information content (AvgIpc) is 3.64. The molecule has 0 amide bonds. The zero-order chi connectivity index (χ0) is 34.5. The van der Waals surface area contributed by atoms with E-state index in [1.54, 1.807) is 0 Å². The molecule has 0 aliphatic carbocycles. The second-order valence-corrected chi connectivity index (χ2v) is 13.1. The number of carbonyl (C=O) groups excluding carboxylic acids is 1. The van der Waals surface area contributed by atoms with E-state index >= 15 is 0 Å². The number of aryl methyl sites for hydroxylation is 2. The molecule has 2 aliphatic heterocycles. The number of benzene rings is 3. The summed E-state index contributed by atoms with van der Waals surface area (Å²) in [6, 6.07) is 18.4. The van der Waals surface area contributed by atoms with Crippen LogP contribution in [0.4, 0.5) is 0 Å². The molecule has 50 heavy (non-hydrogen) atoms. The van der Waals surface area contributed by atoms with Gasteiger partial charge >= 0.3 is 5.97 Å². The average molecular weight is 697 g/mol. The fourth-order valence-corrected chi connectivity index (χ4v) is 7.55. The Morgan fingerprint density at radius 3 is 2.62 bits per heavy atom. The molecule has 0 saturated carbocycles. The van der Waals surface area contributed by atoms with Crippen molar-refractivity contribution in [3.63, 3.8) is 0 Å². The highest BCUT2D eigenvalue weighted by molar-refractivity contribution is 6.35. The van der Waals surface area contributed by atoms with Crippen molar-refractivity contribution in [3.05, 3.63) is 94.4 Å². The zero-order valence-electron chi connectivity index (χ0n) is 29.0. The molecule has 9 nitrogen and oxygen atoms in total. The molecule has 4 heterocycles. The molecular formula is C40H45ClN4O5. The van der Waals surface area contributed by atoms with Crippen LogP contribution in [0, 0.1) is 0 Å². The number of rotatable bonds is 11. The summed E-state index contributed by atoms with van der Waals surface area (Å²) in [6.45, 7) is 11.0. The second-order valence-electron chi connectivity index (χ2n) is 12.7. The minimum absolute atomic E-state index is 0.279. The predicted molar refractivity (Wildman–Crippen MR) is 197 cm³/mol. The lowest BCUT2D eigenvalue weighted by atomic mass is 9.97. The third-order valence-electron chi connectivity index (χ3n) is 9.68. The third kappa shape index (κ3) is 6.92. The number of hydrogen-bond donors (Lipinski definition) is 0. The molecule has 0 bridgehead atoms. The first-order valence-electron chi connectivity index (χ1n) is 17.8. The Morgan fingerprint density at radius 2 is 1.78 bits per heavy atom. The molecule has 1 saturated heterocycles. The van der Waals surface area contributed by atoms with Crippen LogP contribution in [0.15, 0.2) is 66.7 Å². The minimum Gasteiger partial charge on any atom is -0.493 e. The van der Waals surface area contributed by atoms with Gasteiger partial charge in [-0.25, -0.2) is 4.79 Å². The highest BCUT2D eigenvalue weighted by Crippen LogP contribution is 2.43. The first-order valence-corrected chi connectivity index (χ1v) is 18.2. The van der Waals surface area contributed by atoms with E-state index in [9.17, 15) is 4.79 Å². The van der Waals surface area contributed by atoms with Gasteiger partial charge in [-0.3, -0.25) is 9.58 Å². The normalized spacial score (nSPS) is 15.9. The lowest BCUT2D eigenvalue weighted by Crippen LogP contribution is -2.38. The summed E-state index contributed by atoms with van der Waals surface area (Å²) < 4.78 is 28.0. The topological polar surface area (TPSA) is 80.0 Å². The lowest BCUT2D eigenvalue weighted by molar-refractivity contribution is 0.0355. The van der Waals surface area contributed by atoms with Crippen molar-refractivity contribution < 1.29 is 23.7 Å². The van der Waals surface area contributed by atoms with Gasteiger partial charge in [0.15, 0.2) is 0 Å². The van der Waals surface area contributed by atoms with Gasteiger partial charge in [0.1, 0.15) is 11.4 Å². The van der Waals surface area contributed by atoms with Crippen molar-refractivity contribution in [3.8, 4) is 16.9 Å².